The maximum atomic E-state index is 13.1. The summed E-state index contributed by atoms with van der Waals surface area (Å²) in [5.41, 5.74) is 0. The smallest absolute Gasteiger partial charge is 0.306 e. The van der Waals surface area contributed by atoms with E-state index in [0.717, 1.165) is 116 Å². The Morgan fingerprint density at radius 1 is 0.453 bits per heavy atom. The molecule has 0 aromatic heterocycles. The van der Waals surface area contributed by atoms with Gasteiger partial charge in [0.05, 0.1) is 26.4 Å². The molecule has 14 nitrogen and oxygen atoms in total. The fraction of sp³-hybridized carbons (Fsp3) is 0.721. The van der Waals surface area contributed by atoms with Crippen LogP contribution in [0.15, 0.2) is 97.2 Å². The van der Waals surface area contributed by atoms with E-state index in [4.69, 9.17) is 28.4 Å². The Labute approximate surface area is 452 Å². The fourth-order valence-corrected chi connectivity index (χ4v) is 8.44. The van der Waals surface area contributed by atoms with Crippen LogP contribution in [0, 0.1) is 0 Å². The second-order valence-electron chi connectivity index (χ2n) is 19.7. The summed E-state index contributed by atoms with van der Waals surface area (Å²) in [5.74, 6) is -0.398. The van der Waals surface area contributed by atoms with Crippen molar-refractivity contribution in [3.8, 4) is 0 Å². The molecule has 430 valence electrons. The molecule has 2 rings (SSSR count). The first-order valence-electron chi connectivity index (χ1n) is 28.8. The van der Waals surface area contributed by atoms with Gasteiger partial charge in [0, 0.05) is 13.0 Å². The summed E-state index contributed by atoms with van der Waals surface area (Å²) in [6.07, 6.45) is 46.0. The minimum atomic E-state index is -1.72. The number of carbonyl (C=O) groups is 1. The third-order valence-electron chi connectivity index (χ3n) is 13.1. The minimum Gasteiger partial charge on any atom is -0.457 e. The van der Waals surface area contributed by atoms with E-state index in [9.17, 15) is 40.5 Å². The molecule has 0 bridgehead atoms. The highest BCUT2D eigenvalue weighted by Crippen LogP contribution is 2.26. The lowest BCUT2D eigenvalue weighted by atomic mass is 9.98. The first kappa shape index (κ1) is 68.0. The first-order valence-corrected chi connectivity index (χ1v) is 28.8. The molecule has 0 radical (unpaired) electrons. The van der Waals surface area contributed by atoms with Crippen molar-refractivity contribution in [3.63, 3.8) is 0 Å². The highest BCUT2D eigenvalue weighted by Gasteiger charge is 2.47. The van der Waals surface area contributed by atoms with Gasteiger partial charge in [-0.1, -0.05) is 175 Å². The van der Waals surface area contributed by atoms with Crippen molar-refractivity contribution in [2.75, 3.05) is 33.0 Å². The van der Waals surface area contributed by atoms with E-state index < -0.39 is 86.7 Å². The third-order valence-corrected chi connectivity index (χ3v) is 13.1. The lowest BCUT2D eigenvalue weighted by molar-refractivity contribution is -0.332. The van der Waals surface area contributed by atoms with Crippen LogP contribution in [-0.4, -0.2) is 142 Å². The summed E-state index contributed by atoms with van der Waals surface area (Å²) in [5, 5.41) is 72.3. The Kier molecular flexibility index (Phi) is 42.6. The van der Waals surface area contributed by atoms with E-state index in [2.05, 4.69) is 111 Å². The molecule has 2 fully saturated rings. The summed E-state index contributed by atoms with van der Waals surface area (Å²) in [4.78, 5) is 13.1. The topological polar surface area (TPSA) is 214 Å². The molecule has 14 heteroatoms. The maximum absolute atomic E-state index is 13.1. The summed E-state index contributed by atoms with van der Waals surface area (Å²) in [6, 6.07) is 0. The number of hydrogen-bond acceptors (Lipinski definition) is 14. The van der Waals surface area contributed by atoms with E-state index in [0.29, 0.717) is 13.0 Å². The molecule has 0 saturated carbocycles. The number of carbonyl (C=O) groups excluding carboxylic acids is 1. The second-order valence-corrected chi connectivity index (χ2v) is 19.7. The molecule has 2 heterocycles. The number of allylic oxidation sites excluding steroid dienone is 16. The average molecular weight is 1060 g/mol. The van der Waals surface area contributed by atoms with Crippen LogP contribution in [0.5, 0.6) is 0 Å². The summed E-state index contributed by atoms with van der Waals surface area (Å²) in [6.45, 7) is 3.49. The van der Waals surface area contributed by atoms with Crippen molar-refractivity contribution in [1.29, 1.82) is 0 Å². The molecule has 11 atom stereocenters. The monoisotopic (exact) mass is 1060 g/mol. The Balaban J connectivity index is 1.73. The van der Waals surface area contributed by atoms with E-state index in [1.54, 1.807) is 0 Å². The van der Waals surface area contributed by atoms with E-state index in [1.807, 2.05) is 0 Å². The molecule has 0 aliphatic carbocycles. The van der Waals surface area contributed by atoms with E-state index >= 15 is 0 Å². The van der Waals surface area contributed by atoms with E-state index in [-0.39, 0.29) is 19.6 Å². The van der Waals surface area contributed by atoms with Crippen LogP contribution in [0.1, 0.15) is 181 Å². The molecule has 11 unspecified atom stereocenters. The Bertz CT molecular complexity index is 1610. The summed E-state index contributed by atoms with van der Waals surface area (Å²) < 4.78 is 34.3. The van der Waals surface area contributed by atoms with Gasteiger partial charge >= 0.3 is 5.97 Å². The van der Waals surface area contributed by atoms with E-state index in [1.165, 1.54) is 38.5 Å². The molecule has 2 saturated heterocycles. The van der Waals surface area contributed by atoms with Crippen molar-refractivity contribution >= 4 is 5.97 Å². The second kappa shape index (κ2) is 47.0. The molecule has 0 aromatic rings. The SMILES string of the molecule is CC/C=C\C/C=C\C/C=C\C/C=C\C/C=C\C/C=C\CCCCCCCCC(=O)OC(COCCCCCCCC/C=C\C/C=C\CCCCC)COC1OC(COC2OC(CO)C(O)C(O)C2O)C(O)C(O)C1O. The van der Waals surface area contributed by atoms with Gasteiger partial charge in [-0.15, -0.1) is 0 Å². The highest BCUT2D eigenvalue weighted by atomic mass is 16.7. The predicted octanol–water partition coefficient (Wildman–Crippen LogP) is 10.2. The van der Waals surface area contributed by atoms with Gasteiger partial charge < -0.3 is 64.2 Å². The zero-order valence-electron chi connectivity index (χ0n) is 46.0. The molecule has 0 aromatic carbocycles. The molecule has 7 N–H and O–H groups in total. The van der Waals surface area contributed by atoms with Crippen LogP contribution in [-0.2, 0) is 33.2 Å². The van der Waals surface area contributed by atoms with Gasteiger partial charge in [-0.25, -0.2) is 0 Å². The van der Waals surface area contributed by atoms with Crippen LogP contribution < -0.4 is 0 Å². The van der Waals surface area contributed by atoms with Crippen LogP contribution in [0.2, 0.25) is 0 Å². The molecule has 0 spiro atoms. The number of aliphatic hydroxyl groups is 7. The van der Waals surface area contributed by atoms with Crippen molar-refractivity contribution in [3.05, 3.63) is 97.2 Å². The standard InChI is InChI=1S/C61H102O14/c1-3-5-7-9-11-13-15-17-19-21-22-23-24-25-26-27-28-29-30-32-34-36-38-40-42-44-53(63)73-50(47-70-45-43-41-39-37-35-33-31-20-18-16-14-12-10-8-6-4-2)48-71-60-59(69)57(67)55(65)52(75-60)49-72-61-58(68)56(66)54(64)51(46-62)74-61/h5,7,11-14,17-20,22-23,25-26,28-29,50-52,54-62,64-69H,3-4,6,8-10,15-16,21,24,27,30-49H2,1-2H3/b7-5-,13-11-,14-12-,19-17-,20-18-,23-22-,26-25-,29-28-. The number of hydrogen-bond donors (Lipinski definition) is 7. The Morgan fingerprint density at radius 3 is 1.36 bits per heavy atom. The van der Waals surface area contributed by atoms with Crippen LogP contribution in [0.4, 0.5) is 0 Å². The largest absolute Gasteiger partial charge is 0.457 e. The molecule has 75 heavy (non-hydrogen) atoms. The maximum Gasteiger partial charge on any atom is 0.306 e. The van der Waals surface area contributed by atoms with Crippen LogP contribution in [0.3, 0.4) is 0 Å². The van der Waals surface area contributed by atoms with Gasteiger partial charge in [-0.3, -0.25) is 4.79 Å². The van der Waals surface area contributed by atoms with Crippen LogP contribution in [0.25, 0.3) is 0 Å². The number of unbranched alkanes of at least 4 members (excludes halogenated alkanes) is 15. The summed E-state index contributed by atoms with van der Waals surface area (Å²) in [7, 11) is 0. The van der Waals surface area contributed by atoms with Gasteiger partial charge in [-0.2, -0.15) is 0 Å². The number of esters is 1. The Morgan fingerprint density at radius 2 is 0.867 bits per heavy atom. The van der Waals surface area contributed by atoms with Gasteiger partial charge in [0.15, 0.2) is 12.6 Å². The lowest BCUT2D eigenvalue weighted by Gasteiger charge is -2.42. The van der Waals surface area contributed by atoms with Gasteiger partial charge in [0.2, 0.25) is 0 Å². The fourth-order valence-electron chi connectivity index (χ4n) is 8.44. The predicted molar refractivity (Wildman–Crippen MR) is 298 cm³/mol. The number of ether oxygens (including phenoxy) is 6. The lowest BCUT2D eigenvalue weighted by Crippen LogP contribution is -2.61. The molecule has 0 amide bonds. The highest BCUT2D eigenvalue weighted by molar-refractivity contribution is 5.69. The number of rotatable bonds is 45. The van der Waals surface area contributed by atoms with Crippen molar-refractivity contribution in [2.45, 2.75) is 248 Å². The average Bonchev–Trinajstić information content (AvgIpc) is 3.41. The Hall–Kier alpha value is -3.09. The first-order chi connectivity index (χ1) is 36.6. The minimum absolute atomic E-state index is 0.0421. The zero-order chi connectivity index (χ0) is 54.4. The molecular weight excluding hydrogens is 957 g/mol. The molecule has 2 aliphatic heterocycles. The number of aliphatic hydroxyl groups excluding tert-OH is 7. The zero-order valence-corrected chi connectivity index (χ0v) is 46.0. The summed E-state index contributed by atoms with van der Waals surface area (Å²) >= 11 is 0. The normalized spacial score (nSPS) is 25.3. The third kappa shape index (κ3) is 33.7. The quantitative estimate of drug-likeness (QED) is 0.0172. The van der Waals surface area contributed by atoms with Crippen molar-refractivity contribution in [1.82, 2.24) is 0 Å². The molecular formula is C61H102O14. The van der Waals surface area contributed by atoms with Gasteiger partial charge in [0.25, 0.3) is 0 Å². The van der Waals surface area contributed by atoms with Crippen molar-refractivity contribution < 1.29 is 69.0 Å². The van der Waals surface area contributed by atoms with Gasteiger partial charge in [-0.05, 0) is 96.3 Å². The van der Waals surface area contributed by atoms with Crippen molar-refractivity contribution in [2.24, 2.45) is 0 Å². The van der Waals surface area contributed by atoms with Crippen LogP contribution >= 0.6 is 0 Å². The molecule has 2 aliphatic rings. The van der Waals surface area contributed by atoms with Gasteiger partial charge in [0.1, 0.15) is 54.9 Å².